The first kappa shape index (κ1) is 14.5. The monoisotopic (exact) mass is 334 g/mol. The number of amides is 1. The number of nitrogens with zero attached hydrogens (tertiary/aromatic N) is 2. The van der Waals surface area contributed by atoms with Crippen molar-refractivity contribution in [2.24, 2.45) is 0 Å². The van der Waals surface area contributed by atoms with Gasteiger partial charge in [-0.3, -0.25) is 9.78 Å². The van der Waals surface area contributed by atoms with E-state index in [0.29, 0.717) is 12.2 Å². The number of ether oxygens (including phenoxy) is 1. The molecule has 1 heterocycles. The summed E-state index contributed by atoms with van der Waals surface area (Å²) in [6, 6.07) is 11.0. The minimum Gasteiger partial charge on any atom is -0.496 e. The third-order valence-electron chi connectivity index (χ3n) is 2.88. The molecular formula is C15H15BrN2O2. The van der Waals surface area contributed by atoms with Crippen LogP contribution >= 0.6 is 15.9 Å². The number of halogens is 1. The lowest BCUT2D eigenvalue weighted by molar-refractivity contribution is 0.0778. The minimum atomic E-state index is -0.118. The Labute approximate surface area is 126 Å². The van der Waals surface area contributed by atoms with E-state index in [1.54, 1.807) is 43.5 Å². The zero-order valence-electron chi connectivity index (χ0n) is 11.3. The van der Waals surface area contributed by atoms with Gasteiger partial charge in [0.05, 0.1) is 7.11 Å². The van der Waals surface area contributed by atoms with Gasteiger partial charge in [-0.15, -0.1) is 0 Å². The van der Waals surface area contributed by atoms with Crippen LogP contribution < -0.4 is 4.74 Å². The molecule has 0 aliphatic heterocycles. The summed E-state index contributed by atoms with van der Waals surface area (Å²) in [4.78, 5) is 17.9. The quantitative estimate of drug-likeness (QED) is 0.862. The average Bonchev–Trinajstić information content (AvgIpc) is 2.47. The Bertz CT molecular complexity index is 602. The number of carbonyl (C=O) groups excluding carboxylic acids is 1. The van der Waals surface area contributed by atoms with Crippen molar-refractivity contribution in [1.82, 2.24) is 9.88 Å². The van der Waals surface area contributed by atoms with Gasteiger partial charge in [-0.25, -0.2) is 0 Å². The zero-order valence-corrected chi connectivity index (χ0v) is 12.9. The first-order valence-electron chi connectivity index (χ1n) is 6.10. The van der Waals surface area contributed by atoms with Crippen LogP contribution in [0, 0.1) is 0 Å². The SMILES string of the molecule is COc1ccc(Br)cc1CN(C)C(=O)c1ccccn1. The highest BCUT2D eigenvalue weighted by Crippen LogP contribution is 2.24. The van der Waals surface area contributed by atoms with Gasteiger partial charge in [0.1, 0.15) is 11.4 Å². The van der Waals surface area contributed by atoms with Crippen LogP contribution in [-0.2, 0) is 6.54 Å². The molecule has 0 spiro atoms. The van der Waals surface area contributed by atoms with Crippen LogP contribution in [0.1, 0.15) is 16.1 Å². The summed E-state index contributed by atoms with van der Waals surface area (Å²) in [5.41, 5.74) is 1.37. The van der Waals surface area contributed by atoms with Crippen LogP contribution in [0.4, 0.5) is 0 Å². The number of aromatic nitrogens is 1. The smallest absolute Gasteiger partial charge is 0.272 e. The van der Waals surface area contributed by atoms with E-state index >= 15 is 0 Å². The summed E-state index contributed by atoms with van der Waals surface area (Å²) < 4.78 is 6.26. The van der Waals surface area contributed by atoms with Gasteiger partial charge in [-0.1, -0.05) is 22.0 Å². The molecule has 104 valence electrons. The van der Waals surface area contributed by atoms with E-state index in [2.05, 4.69) is 20.9 Å². The summed E-state index contributed by atoms with van der Waals surface area (Å²) >= 11 is 3.43. The molecule has 1 aromatic heterocycles. The maximum Gasteiger partial charge on any atom is 0.272 e. The van der Waals surface area contributed by atoms with Crippen LogP contribution in [0.2, 0.25) is 0 Å². The molecule has 0 saturated carbocycles. The summed E-state index contributed by atoms with van der Waals surface area (Å²) in [5, 5.41) is 0. The fraction of sp³-hybridized carbons (Fsp3) is 0.200. The average molecular weight is 335 g/mol. The molecule has 1 aromatic carbocycles. The van der Waals surface area contributed by atoms with Gasteiger partial charge < -0.3 is 9.64 Å². The Morgan fingerprint density at radius 1 is 1.35 bits per heavy atom. The van der Waals surface area contributed by atoms with Crippen molar-refractivity contribution in [2.75, 3.05) is 14.2 Å². The van der Waals surface area contributed by atoms with Crippen molar-refractivity contribution < 1.29 is 9.53 Å². The van der Waals surface area contributed by atoms with E-state index in [1.165, 1.54) is 0 Å². The van der Waals surface area contributed by atoms with E-state index < -0.39 is 0 Å². The number of hydrogen-bond acceptors (Lipinski definition) is 3. The van der Waals surface area contributed by atoms with Crippen molar-refractivity contribution in [3.8, 4) is 5.75 Å². The summed E-state index contributed by atoms with van der Waals surface area (Å²) in [6.45, 7) is 0.456. The molecule has 2 rings (SSSR count). The molecule has 0 aliphatic carbocycles. The second-order valence-electron chi connectivity index (χ2n) is 4.33. The fourth-order valence-electron chi connectivity index (χ4n) is 1.88. The maximum atomic E-state index is 12.2. The van der Waals surface area contributed by atoms with Gasteiger partial charge in [0, 0.05) is 29.8 Å². The Kier molecular flexibility index (Phi) is 4.74. The normalized spacial score (nSPS) is 10.2. The van der Waals surface area contributed by atoms with Gasteiger partial charge in [0.15, 0.2) is 0 Å². The van der Waals surface area contributed by atoms with Crippen molar-refractivity contribution in [1.29, 1.82) is 0 Å². The van der Waals surface area contributed by atoms with Gasteiger partial charge in [0.25, 0.3) is 5.91 Å². The topological polar surface area (TPSA) is 42.4 Å². The van der Waals surface area contributed by atoms with Crippen LogP contribution in [0.25, 0.3) is 0 Å². The van der Waals surface area contributed by atoms with Crippen molar-refractivity contribution >= 4 is 21.8 Å². The molecule has 0 unspecified atom stereocenters. The highest BCUT2D eigenvalue weighted by Gasteiger charge is 2.15. The molecule has 5 heteroatoms. The molecule has 4 nitrogen and oxygen atoms in total. The van der Waals surface area contributed by atoms with E-state index in [4.69, 9.17) is 4.74 Å². The third-order valence-corrected chi connectivity index (χ3v) is 3.37. The first-order chi connectivity index (χ1) is 9.61. The van der Waals surface area contributed by atoms with Crippen LogP contribution in [0.3, 0.4) is 0 Å². The Hall–Kier alpha value is -1.88. The van der Waals surface area contributed by atoms with E-state index in [0.717, 1.165) is 15.8 Å². The number of rotatable bonds is 4. The second-order valence-corrected chi connectivity index (χ2v) is 5.25. The Morgan fingerprint density at radius 2 is 2.15 bits per heavy atom. The Balaban J connectivity index is 2.17. The molecule has 0 atom stereocenters. The van der Waals surface area contributed by atoms with Crippen LogP contribution in [-0.4, -0.2) is 29.9 Å². The fourth-order valence-corrected chi connectivity index (χ4v) is 2.29. The van der Waals surface area contributed by atoms with Crippen molar-refractivity contribution in [2.45, 2.75) is 6.54 Å². The van der Waals surface area contributed by atoms with Crippen molar-refractivity contribution in [3.05, 3.63) is 58.3 Å². The number of methoxy groups -OCH3 is 1. The van der Waals surface area contributed by atoms with E-state index in [1.807, 2.05) is 18.2 Å². The largest absolute Gasteiger partial charge is 0.496 e. The van der Waals surface area contributed by atoms with E-state index in [-0.39, 0.29) is 5.91 Å². The van der Waals surface area contributed by atoms with Gasteiger partial charge in [0.2, 0.25) is 0 Å². The first-order valence-corrected chi connectivity index (χ1v) is 6.90. The molecule has 1 amide bonds. The lowest BCUT2D eigenvalue weighted by Crippen LogP contribution is -2.27. The van der Waals surface area contributed by atoms with Crippen molar-refractivity contribution in [3.63, 3.8) is 0 Å². The van der Waals surface area contributed by atoms with Gasteiger partial charge >= 0.3 is 0 Å². The molecule has 0 bridgehead atoms. The second kappa shape index (κ2) is 6.52. The van der Waals surface area contributed by atoms with Gasteiger partial charge in [-0.2, -0.15) is 0 Å². The number of benzene rings is 1. The third kappa shape index (κ3) is 3.36. The lowest BCUT2D eigenvalue weighted by atomic mass is 10.2. The molecule has 0 saturated heterocycles. The van der Waals surface area contributed by atoms with Gasteiger partial charge in [-0.05, 0) is 30.3 Å². The standard InChI is InChI=1S/C15H15BrN2O2/c1-18(15(19)13-5-3-4-8-17-13)10-11-9-12(16)6-7-14(11)20-2/h3-9H,10H2,1-2H3. The van der Waals surface area contributed by atoms with Crippen LogP contribution in [0.5, 0.6) is 5.75 Å². The molecule has 0 aliphatic rings. The number of pyridine rings is 1. The number of carbonyl (C=O) groups is 1. The predicted molar refractivity (Wildman–Crippen MR) is 80.7 cm³/mol. The molecule has 0 fully saturated rings. The molecule has 20 heavy (non-hydrogen) atoms. The minimum absolute atomic E-state index is 0.118. The lowest BCUT2D eigenvalue weighted by Gasteiger charge is -2.18. The zero-order chi connectivity index (χ0) is 14.5. The Morgan fingerprint density at radius 3 is 2.80 bits per heavy atom. The van der Waals surface area contributed by atoms with E-state index in [9.17, 15) is 4.79 Å². The highest BCUT2D eigenvalue weighted by atomic mass is 79.9. The summed E-state index contributed by atoms with van der Waals surface area (Å²) in [5.74, 6) is 0.640. The molecule has 2 aromatic rings. The summed E-state index contributed by atoms with van der Waals surface area (Å²) in [6.07, 6.45) is 1.61. The maximum absolute atomic E-state index is 12.2. The molecule has 0 N–H and O–H groups in total. The molecule has 0 radical (unpaired) electrons. The predicted octanol–water partition coefficient (Wildman–Crippen LogP) is 3.12. The highest BCUT2D eigenvalue weighted by molar-refractivity contribution is 9.10. The summed E-state index contributed by atoms with van der Waals surface area (Å²) in [7, 11) is 3.37. The van der Waals surface area contributed by atoms with Crippen LogP contribution in [0.15, 0.2) is 47.1 Å². The number of hydrogen-bond donors (Lipinski definition) is 0. The molecular weight excluding hydrogens is 320 g/mol.